The summed E-state index contributed by atoms with van der Waals surface area (Å²) in [6, 6.07) is 15.6. The summed E-state index contributed by atoms with van der Waals surface area (Å²) in [5.41, 5.74) is 2.71. The van der Waals surface area contributed by atoms with Gasteiger partial charge in [0.1, 0.15) is 0 Å². The van der Waals surface area contributed by atoms with Gasteiger partial charge in [-0.25, -0.2) is 0 Å². The zero-order chi connectivity index (χ0) is 20.8. The van der Waals surface area contributed by atoms with Crippen molar-refractivity contribution in [2.24, 2.45) is 5.41 Å². The van der Waals surface area contributed by atoms with Crippen molar-refractivity contribution in [3.05, 3.63) is 81.5 Å². The van der Waals surface area contributed by atoms with Crippen molar-refractivity contribution in [1.82, 2.24) is 0 Å². The van der Waals surface area contributed by atoms with Crippen LogP contribution in [0.15, 0.2) is 65.9 Å². The number of carbonyl (C=O) groups excluding carboxylic acids is 2. The van der Waals surface area contributed by atoms with Gasteiger partial charge in [-0.1, -0.05) is 44.2 Å². The molecule has 0 bridgehead atoms. The molecule has 2 aliphatic rings. The minimum atomic E-state index is -0.452. The van der Waals surface area contributed by atoms with Gasteiger partial charge < -0.3 is 0 Å². The molecule has 0 saturated carbocycles. The number of carbonyl (C=O) groups is 2. The van der Waals surface area contributed by atoms with E-state index in [-0.39, 0.29) is 35.1 Å². The second-order valence-electron chi connectivity index (χ2n) is 8.47. The Morgan fingerprint density at radius 1 is 1.00 bits per heavy atom. The Bertz CT molecular complexity index is 1020. The molecule has 0 fully saturated rings. The normalized spacial score (nSPS) is 21.2. The van der Waals surface area contributed by atoms with Crippen molar-refractivity contribution in [1.29, 1.82) is 0 Å². The number of Topliss-reactive ketones (excluding diaryl/α,β-unsaturated/α-hetero) is 1. The molecular weight excluding hydrogens is 368 g/mol. The van der Waals surface area contributed by atoms with Crippen LogP contribution in [-0.4, -0.2) is 16.6 Å². The van der Waals surface area contributed by atoms with Gasteiger partial charge in [-0.2, -0.15) is 0 Å². The number of ketones is 1. The van der Waals surface area contributed by atoms with Crippen LogP contribution >= 0.6 is 0 Å². The number of nitro groups is 1. The van der Waals surface area contributed by atoms with E-state index in [1.54, 1.807) is 17.0 Å². The fourth-order valence-corrected chi connectivity index (χ4v) is 4.41. The summed E-state index contributed by atoms with van der Waals surface area (Å²) in [6.45, 7) is 4.08. The molecule has 148 valence electrons. The van der Waals surface area contributed by atoms with E-state index in [0.29, 0.717) is 18.4 Å². The zero-order valence-electron chi connectivity index (χ0n) is 16.4. The Balaban J connectivity index is 1.85. The first-order valence-electron chi connectivity index (χ1n) is 9.65. The van der Waals surface area contributed by atoms with E-state index in [9.17, 15) is 19.7 Å². The van der Waals surface area contributed by atoms with Crippen LogP contribution in [0.1, 0.15) is 44.6 Å². The van der Waals surface area contributed by atoms with E-state index in [0.717, 1.165) is 16.9 Å². The van der Waals surface area contributed by atoms with E-state index in [1.807, 2.05) is 44.2 Å². The fourth-order valence-electron chi connectivity index (χ4n) is 4.41. The van der Waals surface area contributed by atoms with Crippen molar-refractivity contribution in [3.8, 4) is 0 Å². The van der Waals surface area contributed by atoms with Crippen LogP contribution in [0.25, 0.3) is 0 Å². The molecule has 6 heteroatoms. The summed E-state index contributed by atoms with van der Waals surface area (Å²) < 4.78 is 0. The van der Waals surface area contributed by atoms with Crippen LogP contribution in [0, 0.1) is 15.5 Å². The third-order valence-electron chi connectivity index (χ3n) is 5.66. The summed E-state index contributed by atoms with van der Waals surface area (Å²) in [6.07, 6.45) is 1.21. The number of nitro benzene ring substituents is 1. The van der Waals surface area contributed by atoms with Crippen LogP contribution in [0.3, 0.4) is 0 Å². The number of nitrogens with zero attached hydrogens (tertiary/aromatic N) is 2. The SMILES string of the molecule is CC1(C)CC(=O)C2=C(C1)N(c1ccccc1)C(=O)C[C@@H]2c1ccc([N+](=O)[O-])cc1. The van der Waals surface area contributed by atoms with E-state index in [4.69, 9.17) is 0 Å². The van der Waals surface area contributed by atoms with Crippen molar-refractivity contribution in [3.63, 3.8) is 0 Å². The number of hydrogen-bond donors (Lipinski definition) is 0. The van der Waals surface area contributed by atoms with Gasteiger partial charge >= 0.3 is 0 Å². The molecule has 6 nitrogen and oxygen atoms in total. The molecule has 2 aromatic carbocycles. The van der Waals surface area contributed by atoms with Gasteiger partial charge in [0.25, 0.3) is 5.69 Å². The quantitative estimate of drug-likeness (QED) is 0.559. The number of para-hydroxylation sites is 1. The lowest BCUT2D eigenvalue weighted by molar-refractivity contribution is -0.384. The molecule has 1 aliphatic heterocycles. The largest absolute Gasteiger partial charge is 0.294 e. The number of amides is 1. The highest BCUT2D eigenvalue weighted by molar-refractivity contribution is 6.07. The number of allylic oxidation sites excluding steroid dienone is 2. The number of non-ortho nitro benzene ring substituents is 1. The molecule has 0 radical (unpaired) electrons. The van der Waals surface area contributed by atoms with E-state index in [2.05, 4.69) is 0 Å². The minimum Gasteiger partial charge on any atom is -0.294 e. The molecule has 0 saturated heterocycles. The van der Waals surface area contributed by atoms with Crippen LogP contribution in [0.2, 0.25) is 0 Å². The molecule has 0 unspecified atom stereocenters. The molecule has 2 aromatic rings. The zero-order valence-corrected chi connectivity index (χ0v) is 16.4. The van der Waals surface area contributed by atoms with Crippen LogP contribution in [0.4, 0.5) is 11.4 Å². The number of rotatable bonds is 3. The Morgan fingerprint density at radius 3 is 2.28 bits per heavy atom. The lowest BCUT2D eigenvalue weighted by atomic mass is 9.69. The predicted octanol–water partition coefficient (Wildman–Crippen LogP) is 4.76. The van der Waals surface area contributed by atoms with Crippen molar-refractivity contribution >= 4 is 23.1 Å². The lowest BCUT2D eigenvalue weighted by Crippen LogP contribution is -2.43. The highest BCUT2D eigenvalue weighted by atomic mass is 16.6. The Morgan fingerprint density at radius 2 is 1.66 bits per heavy atom. The molecule has 0 N–H and O–H groups in total. The molecular formula is C23H22N2O4. The Labute approximate surface area is 169 Å². The number of hydrogen-bond acceptors (Lipinski definition) is 4. The lowest BCUT2D eigenvalue weighted by Gasteiger charge is -2.43. The second-order valence-corrected chi connectivity index (χ2v) is 8.47. The van der Waals surface area contributed by atoms with Gasteiger partial charge in [-0.05, 0) is 29.5 Å². The van der Waals surface area contributed by atoms with E-state index < -0.39 is 4.92 Å². The Hall–Kier alpha value is -3.28. The molecule has 29 heavy (non-hydrogen) atoms. The average molecular weight is 390 g/mol. The highest BCUT2D eigenvalue weighted by Crippen LogP contribution is 2.48. The molecule has 4 rings (SSSR count). The third-order valence-corrected chi connectivity index (χ3v) is 5.66. The Kier molecular flexibility index (Phi) is 4.57. The molecule has 0 spiro atoms. The van der Waals surface area contributed by atoms with Gasteiger partial charge in [0, 0.05) is 47.8 Å². The minimum absolute atomic E-state index is 0.00731. The topological polar surface area (TPSA) is 80.5 Å². The van der Waals surface area contributed by atoms with Gasteiger partial charge in [0.05, 0.1) is 4.92 Å². The third kappa shape index (κ3) is 3.46. The summed E-state index contributed by atoms with van der Waals surface area (Å²) in [7, 11) is 0. The molecule has 0 aromatic heterocycles. The van der Waals surface area contributed by atoms with E-state index >= 15 is 0 Å². The van der Waals surface area contributed by atoms with Gasteiger partial charge in [0.15, 0.2) is 5.78 Å². The maximum absolute atomic E-state index is 13.2. The van der Waals surface area contributed by atoms with Crippen LogP contribution in [-0.2, 0) is 9.59 Å². The van der Waals surface area contributed by atoms with Crippen molar-refractivity contribution in [2.75, 3.05) is 4.90 Å². The molecule has 1 heterocycles. The first-order chi connectivity index (χ1) is 13.8. The standard InChI is InChI=1S/C23H22N2O4/c1-23(2)13-19-22(20(26)14-23)18(15-8-10-17(11-9-15)25(28)29)12-21(27)24(19)16-6-4-3-5-7-16/h3-11,18H,12-14H2,1-2H3/t18-/m1/s1. The number of anilines is 1. The summed E-state index contributed by atoms with van der Waals surface area (Å²) >= 11 is 0. The average Bonchev–Trinajstić information content (AvgIpc) is 2.67. The maximum Gasteiger partial charge on any atom is 0.269 e. The summed E-state index contributed by atoms with van der Waals surface area (Å²) in [5, 5.41) is 11.0. The van der Waals surface area contributed by atoms with Gasteiger partial charge in [-0.15, -0.1) is 0 Å². The summed E-state index contributed by atoms with van der Waals surface area (Å²) in [5.74, 6) is -0.390. The van der Waals surface area contributed by atoms with Gasteiger partial charge in [0.2, 0.25) is 5.91 Å². The number of benzene rings is 2. The predicted molar refractivity (Wildman–Crippen MR) is 109 cm³/mol. The monoisotopic (exact) mass is 390 g/mol. The maximum atomic E-state index is 13.2. The summed E-state index contributed by atoms with van der Waals surface area (Å²) in [4.78, 5) is 38.6. The van der Waals surface area contributed by atoms with Crippen LogP contribution < -0.4 is 4.90 Å². The molecule has 1 atom stereocenters. The van der Waals surface area contributed by atoms with Crippen LogP contribution in [0.5, 0.6) is 0 Å². The first kappa shape index (κ1) is 19.1. The van der Waals surface area contributed by atoms with Gasteiger partial charge in [-0.3, -0.25) is 24.6 Å². The smallest absolute Gasteiger partial charge is 0.269 e. The molecule has 1 amide bonds. The first-order valence-corrected chi connectivity index (χ1v) is 9.65. The highest BCUT2D eigenvalue weighted by Gasteiger charge is 2.44. The molecule has 1 aliphatic carbocycles. The fraction of sp³-hybridized carbons (Fsp3) is 0.304. The van der Waals surface area contributed by atoms with Crippen molar-refractivity contribution < 1.29 is 14.5 Å². The second kappa shape index (κ2) is 6.95. The van der Waals surface area contributed by atoms with Crippen molar-refractivity contribution in [2.45, 2.75) is 39.0 Å². The van der Waals surface area contributed by atoms with E-state index in [1.165, 1.54) is 12.1 Å².